The molecule has 1 aliphatic heterocycles. The molecule has 0 bridgehead atoms. The van der Waals surface area contributed by atoms with Crippen LogP contribution in [-0.4, -0.2) is 31.7 Å². The van der Waals surface area contributed by atoms with Crippen molar-refractivity contribution in [2.24, 2.45) is 0 Å². The Kier molecular flexibility index (Phi) is 3.91. The van der Waals surface area contributed by atoms with Crippen molar-refractivity contribution < 1.29 is 8.42 Å². The molecule has 2 heterocycles. The summed E-state index contributed by atoms with van der Waals surface area (Å²) in [6.45, 7) is 0.904. The van der Waals surface area contributed by atoms with Gasteiger partial charge in [-0.1, -0.05) is 29.9 Å². The largest absolute Gasteiger partial charge is 0.313 e. The van der Waals surface area contributed by atoms with Crippen molar-refractivity contribution >= 4 is 36.7 Å². The van der Waals surface area contributed by atoms with Gasteiger partial charge in [0.25, 0.3) is 0 Å². The molecule has 0 amide bonds. The highest BCUT2D eigenvalue weighted by molar-refractivity contribution is 7.92. The molecule has 1 aliphatic rings. The van der Waals surface area contributed by atoms with Crippen LogP contribution >= 0.6 is 11.3 Å². The number of sulfonamides is 1. The molecule has 0 radical (unpaired) electrons. The lowest BCUT2D eigenvalue weighted by atomic mass is 10.1. The summed E-state index contributed by atoms with van der Waals surface area (Å²) in [6, 6.07) is 7.69. The van der Waals surface area contributed by atoms with E-state index in [9.17, 15) is 8.42 Å². The summed E-state index contributed by atoms with van der Waals surface area (Å²) in [5.41, 5.74) is 0.825. The number of thiazole rings is 1. The normalized spacial score (nSPS) is 20.1. The first kappa shape index (κ1) is 13.8. The van der Waals surface area contributed by atoms with Crippen molar-refractivity contribution in [1.82, 2.24) is 10.3 Å². The number of rotatable bonds is 4. The van der Waals surface area contributed by atoms with Gasteiger partial charge in [0.2, 0.25) is 10.0 Å². The van der Waals surface area contributed by atoms with Gasteiger partial charge in [-0.25, -0.2) is 13.4 Å². The minimum Gasteiger partial charge on any atom is -0.313 e. The van der Waals surface area contributed by atoms with Gasteiger partial charge >= 0.3 is 0 Å². The van der Waals surface area contributed by atoms with Gasteiger partial charge in [0, 0.05) is 6.04 Å². The Morgan fingerprint density at radius 1 is 1.35 bits per heavy atom. The molecule has 0 saturated carbocycles. The van der Waals surface area contributed by atoms with Crippen molar-refractivity contribution in [3.63, 3.8) is 0 Å². The van der Waals surface area contributed by atoms with Gasteiger partial charge in [0.15, 0.2) is 5.13 Å². The average Bonchev–Trinajstić information content (AvgIpc) is 2.80. The highest BCUT2D eigenvalue weighted by atomic mass is 32.2. The van der Waals surface area contributed by atoms with E-state index in [1.807, 2.05) is 24.3 Å². The summed E-state index contributed by atoms with van der Waals surface area (Å²) in [5.74, 6) is 0.114. The Hall–Kier alpha value is -1.18. The van der Waals surface area contributed by atoms with Gasteiger partial charge in [0.05, 0.1) is 16.0 Å². The fraction of sp³-hybridized carbons (Fsp3) is 0.462. The minimum absolute atomic E-state index is 0.0515. The summed E-state index contributed by atoms with van der Waals surface area (Å²) < 4.78 is 27.9. The Morgan fingerprint density at radius 3 is 2.95 bits per heavy atom. The van der Waals surface area contributed by atoms with Gasteiger partial charge in [0.1, 0.15) is 0 Å². The highest BCUT2D eigenvalue weighted by Gasteiger charge is 2.21. The molecule has 1 saturated heterocycles. The Bertz CT molecular complexity index is 657. The third-order valence-electron chi connectivity index (χ3n) is 3.37. The second-order valence-electron chi connectivity index (χ2n) is 5.02. The number of hydrogen-bond donors (Lipinski definition) is 2. The summed E-state index contributed by atoms with van der Waals surface area (Å²) in [5, 5.41) is 3.70. The number of nitrogens with zero attached hydrogens (tertiary/aromatic N) is 1. The average molecular weight is 311 g/mol. The van der Waals surface area contributed by atoms with Gasteiger partial charge in [-0.3, -0.25) is 4.72 Å². The molecule has 1 atom stereocenters. The molecule has 3 rings (SSSR count). The van der Waals surface area contributed by atoms with Crippen LogP contribution in [0.1, 0.15) is 19.3 Å². The quantitative estimate of drug-likeness (QED) is 0.908. The molecule has 2 aromatic rings. The predicted molar refractivity (Wildman–Crippen MR) is 82.7 cm³/mol. The van der Waals surface area contributed by atoms with Crippen LogP contribution in [0.5, 0.6) is 0 Å². The number of aromatic nitrogens is 1. The van der Waals surface area contributed by atoms with Crippen molar-refractivity contribution in [3.05, 3.63) is 24.3 Å². The van der Waals surface area contributed by atoms with Gasteiger partial charge in [-0.15, -0.1) is 0 Å². The van der Waals surface area contributed by atoms with Crippen LogP contribution < -0.4 is 10.0 Å². The lowest BCUT2D eigenvalue weighted by molar-refractivity contribution is 0.424. The molecule has 20 heavy (non-hydrogen) atoms. The minimum atomic E-state index is -3.35. The van der Waals surface area contributed by atoms with Crippen molar-refractivity contribution in [2.45, 2.75) is 25.3 Å². The van der Waals surface area contributed by atoms with E-state index in [0.29, 0.717) is 5.13 Å². The summed E-state index contributed by atoms with van der Waals surface area (Å²) >= 11 is 1.36. The van der Waals surface area contributed by atoms with E-state index < -0.39 is 10.0 Å². The molecule has 7 heteroatoms. The molecule has 5 nitrogen and oxygen atoms in total. The van der Waals surface area contributed by atoms with Crippen molar-refractivity contribution in [1.29, 1.82) is 0 Å². The fourth-order valence-corrected chi connectivity index (χ4v) is 4.90. The maximum Gasteiger partial charge on any atom is 0.236 e. The molecule has 1 unspecified atom stereocenters. The monoisotopic (exact) mass is 311 g/mol. The van der Waals surface area contributed by atoms with E-state index >= 15 is 0 Å². The van der Waals surface area contributed by atoms with Gasteiger partial charge in [-0.2, -0.15) is 0 Å². The number of piperidine rings is 1. The van der Waals surface area contributed by atoms with Crippen molar-refractivity contribution in [2.75, 3.05) is 17.0 Å². The third-order valence-corrected chi connectivity index (χ3v) is 5.80. The molecule has 108 valence electrons. The zero-order valence-corrected chi connectivity index (χ0v) is 12.6. The van der Waals surface area contributed by atoms with Crippen LogP contribution in [0.3, 0.4) is 0 Å². The van der Waals surface area contributed by atoms with E-state index in [1.165, 1.54) is 11.3 Å². The van der Waals surface area contributed by atoms with E-state index in [0.717, 1.165) is 36.0 Å². The number of fused-ring (bicyclic) bond motifs is 1. The molecule has 1 fully saturated rings. The Labute approximate surface area is 122 Å². The second kappa shape index (κ2) is 5.67. The first-order valence-corrected chi connectivity index (χ1v) is 9.19. The van der Waals surface area contributed by atoms with E-state index in [2.05, 4.69) is 15.0 Å². The molecular weight excluding hydrogens is 294 g/mol. The van der Waals surface area contributed by atoms with Crippen LogP contribution in [0.4, 0.5) is 5.13 Å². The lowest BCUT2D eigenvalue weighted by Gasteiger charge is -2.23. The van der Waals surface area contributed by atoms with E-state index in [4.69, 9.17) is 0 Å². The highest BCUT2D eigenvalue weighted by Crippen LogP contribution is 2.26. The summed E-state index contributed by atoms with van der Waals surface area (Å²) in [7, 11) is -3.35. The molecule has 2 N–H and O–H groups in total. The Morgan fingerprint density at radius 2 is 2.20 bits per heavy atom. The first-order chi connectivity index (χ1) is 9.62. The fourth-order valence-electron chi connectivity index (χ4n) is 2.42. The number of hydrogen-bond acceptors (Lipinski definition) is 5. The first-order valence-electron chi connectivity index (χ1n) is 6.72. The van der Waals surface area contributed by atoms with Gasteiger partial charge < -0.3 is 5.32 Å². The SMILES string of the molecule is O=S(=O)(CC1CCCCN1)Nc1nc2ccccc2s1. The maximum atomic E-state index is 12.2. The van der Waals surface area contributed by atoms with E-state index in [-0.39, 0.29) is 11.8 Å². The molecule has 1 aromatic heterocycles. The summed E-state index contributed by atoms with van der Waals surface area (Å²) in [6.07, 6.45) is 3.14. The number of benzene rings is 1. The zero-order chi connectivity index (χ0) is 14.0. The summed E-state index contributed by atoms with van der Waals surface area (Å²) in [4.78, 5) is 4.30. The van der Waals surface area contributed by atoms with Crippen LogP contribution in [0.25, 0.3) is 10.2 Å². The standard InChI is InChI=1S/C13H17N3O2S2/c17-20(18,9-10-5-3-4-8-14-10)16-13-15-11-6-1-2-7-12(11)19-13/h1-2,6-7,10,14H,3-5,8-9H2,(H,15,16). The third kappa shape index (κ3) is 3.28. The molecule has 0 aliphatic carbocycles. The predicted octanol–water partition coefficient (Wildman–Crippen LogP) is 2.18. The van der Waals surface area contributed by atoms with Crippen LogP contribution in [0.2, 0.25) is 0 Å². The van der Waals surface area contributed by atoms with Gasteiger partial charge in [-0.05, 0) is 31.5 Å². The number of nitrogens with one attached hydrogen (secondary N) is 2. The molecule has 1 aromatic carbocycles. The topological polar surface area (TPSA) is 71.1 Å². The maximum absolute atomic E-state index is 12.2. The zero-order valence-electron chi connectivity index (χ0n) is 11.0. The Balaban J connectivity index is 1.71. The van der Waals surface area contributed by atoms with Crippen molar-refractivity contribution in [3.8, 4) is 0 Å². The number of para-hydroxylation sites is 1. The molecular formula is C13H17N3O2S2. The number of anilines is 1. The van der Waals surface area contributed by atoms with E-state index in [1.54, 1.807) is 0 Å². The molecule has 0 spiro atoms. The van der Waals surface area contributed by atoms with Crippen LogP contribution in [-0.2, 0) is 10.0 Å². The second-order valence-corrected chi connectivity index (χ2v) is 7.81. The lowest BCUT2D eigenvalue weighted by Crippen LogP contribution is -2.40. The van der Waals surface area contributed by atoms with Crippen LogP contribution in [0, 0.1) is 0 Å². The smallest absolute Gasteiger partial charge is 0.236 e. The van der Waals surface area contributed by atoms with Crippen LogP contribution in [0.15, 0.2) is 24.3 Å².